The van der Waals surface area contributed by atoms with Crippen LogP contribution in [0, 0.1) is 0 Å². The third-order valence-corrected chi connectivity index (χ3v) is 6.29. The molecule has 0 aliphatic carbocycles. The molecule has 1 heterocycles. The summed E-state index contributed by atoms with van der Waals surface area (Å²) in [5.41, 5.74) is 5.82. The maximum atomic E-state index is 6.17. The molecular formula is C23H47NO. The molecule has 1 aliphatic rings. The summed E-state index contributed by atoms with van der Waals surface area (Å²) in [4.78, 5) is 0. The van der Waals surface area contributed by atoms with Crippen LogP contribution in [0.2, 0.25) is 0 Å². The molecule has 1 aliphatic heterocycles. The van der Waals surface area contributed by atoms with Crippen molar-refractivity contribution in [1.29, 1.82) is 0 Å². The molecule has 0 aromatic carbocycles. The number of unbranched alkanes of at least 4 members (excludes halogenated alkanes) is 15. The number of nitrogens with two attached hydrogens (primary N) is 1. The van der Waals surface area contributed by atoms with E-state index in [-0.39, 0.29) is 11.3 Å². The van der Waals surface area contributed by atoms with Crippen molar-refractivity contribution in [3.63, 3.8) is 0 Å². The Morgan fingerprint density at radius 1 is 0.600 bits per heavy atom. The minimum Gasteiger partial charge on any atom is -0.347 e. The second-order valence-corrected chi connectivity index (χ2v) is 8.63. The van der Waals surface area contributed by atoms with Gasteiger partial charge in [0.1, 0.15) is 11.3 Å². The lowest BCUT2D eigenvalue weighted by Gasteiger charge is -2.10. The molecule has 0 amide bonds. The summed E-state index contributed by atoms with van der Waals surface area (Å²) in [5, 5.41) is 0. The molecule has 1 rings (SSSR count). The van der Waals surface area contributed by atoms with Crippen molar-refractivity contribution in [1.82, 2.24) is 0 Å². The van der Waals surface area contributed by atoms with Gasteiger partial charge in [-0.2, -0.15) is 0 Å². The average molecular weight is 354 g/mol. The minimum atomic E-state index is -0.317. The van der Waals surface area contributed by atoms with Crippen molar-refractivity contribution < 1.29 is 4.74 Å². The average Bonchev–Trinajstić information content (AvgIpc) is 3.16. The molecule has 1 saturated heterocycles. The van der Waals surface area contributed by atoms with Crippen LogP contribution in [0.3, 0.4) is 0 Å². The Morgan fingerprint density at radius 3 is 1.28 bits per heavy atom. The third kappa shape index (κ3) is 9.43. The fourth-order valence-corrected chi connectivity index (χ4v) is 4.10. The molecule has 2 nitrogen and oxygen atoms in total. The molecule has 2 unspecified atom stereocenters. The summed E-state index contributed by atoms with van der Waals surface area (Å²) in [6.45, 7) is 6.60. The van der Waals surface area contributed by atoms with Gasteiger partial charge in [0.2, 0.25) is 0 Å². The molecule has 0 radical (unpaired) electrons. The van der Waals surface area contributed by atoms with Crippen molar-refractivity contribution in [3.05, 3.63) is 0 Å². The Hall–Kier alpha value is -0.0800. The minimum absolute atomic E-state index is 0.0300. The zero-order valence-corrected chi connectivity index (χ0v) is 17.7. The number of ether oxygens (including phenoxy) is 1. The van der Waals surface area contributed by atoms with Crippen LogP contribution in [0.15, 0.2) is 0 Å². The van der Waals surface area contributed by atoms with E-state index >= 15 is 0 Å². The van der Waals surface area contributed by atoms with Crippen LogP contribution >= 0.6 is 0 Å². The van der Waals surface area contributed by atoms with Gasteiger partial charge in [-0.25, -0.2) is 0 Å². The summed E-state index contributed by atoms with van der Waals surface area (Å²) in [5.74, 6) is 0. The van der Waals surface area contributed by atoms with E-state index in [1.165, 1.54) is 103 Å². The molecule has 0 aromatic heterocycles. The summed E-state index contributed by atoms with van der Waals surface area (Å²) < 4.78 is 5.74. The third-order valence-electron chi connectivity index (χ3n) is 6.29. The largest absolute Gasteiger partial charge is 0.347 e. The van der Waals surface area contributed by atoms with E-state index in [4.69, 9.17) is 10.5 Å². The summed E-state index contributed by atoms with van der Waals surface area (Å²) in [6, 6.07) is 0. The van der Waals surface area contributed by atoms with E-state index in [2.05, 4.69) is 20.8 Å². The Bertz CT molecular complexity index is 319. The van der Waals surface area contributed by atoms with Crippen LogP contribution in [0.25, 0.3) is 0 Å². The van der Waals surface area contributed by atoms with E-state index in [9.17, 15) is 0 Å². The quantitative estimate of drug-likeness (QED) is 0.205. The number of epoxide rings is 1. The van der Waals surface area contributed by atoms with Gasteiger partial charge in [-0.1, -0.05) is 117 Å². The van der Waals surface area contributed by atoms with E-state index in [1.54, 1.807) is 0 Å². The van der Waals surface area contributed by atoms with Crippen LogP contribution in [-0.4, -0.2) is 11.3 Å². The summed E-state index contributed by atoms with van der Waals surface area (Å²) >= 11 is 0. The van der Waals surface area contributed by atoms with Gasteiger partial charge in [0.05, 0.1) is 0 Å². The molecular weight excluding hydrogens is 306 g/mol. The maximum absolute atomic E-state index is 6.17. The van der Waals surface area contributed by atoms with E-state index in [1.807, 2.05) is 0 Å². The lowest BCUT2D eigenvalue weighted by molar-refractivity contribution is 0.258. The second-order valence-electron chi connectivity index (χ2n) is 8.63. The highest BCUT2D eigenvalue weighted by atomic mass is 16.6. The first-order valence-electron chi connectivity index (χ1n) is 11.6. The monoisotopic (exact) mass is 353 g/mol. The molecule has 2 N–H and O–H groups in total. The van der Waals surface area contributed by atoms with Gasteiger partial charge < -0.3 is 10.5 Å². The van der Waals surface area contributed by atoms with Crippen molar-refractivity contribution >= 4 is 0 Å². The molecule has 1 fully saturated rings. The normalized spacial score (nSPS) is 25.4. The molecule has 150 valence electrons. The van der Waals surface area contributed by atoms with Gasteiger partial charge >= 0.3 is 0 Å². The van der Waals surface area contributed by atoms with Crippen molar-refractivity contribution in [2.75, 3.05) is 0 Å². The predicted molar refractivity (Wildman–Crippen MR) is 111 cm³/mol. The van der Waals surface area contributed by atoms with Crippen molar-refractivity contribution in [2.45, 2.75) is 148 Å². The Labute approximate surface area is 158 Å². The highest BCUT2D eigenvalue weighted by Crippen LogP contribution is 2.49. The van der Waals surface area contributed by atoms with Gasteiger partial charge in [-0.15, -0.1) is 0 Å². The first-order valence-corrected chi connectivity index (χ1v) is 11.6. The summed E-state index contributed by atoms with van der Waals surface area (Å²) in [7, 11) is 0. The Morgan fingerprint density at radius 2 is 0.960 bits per heavy atom. The standard InChI is InChI=1S/C23H47NO/c1-4-6-7-8-9-10-11-12-13-14-15-16-17-18-19-20-21-22(3)23(24,5-2)25-22/h4-21,24H2,1-3H3. The van der Waals surface area contributed by atoms with Crippen LogP contribution in [-0.2, 0) is 4.74 Å². The SMILES string of the molecule is CCCCCCCCCCCCCCCCCCC1(C)OC1(N)CC. The zero-order chi connectivity index (χ0) is 18.4. The molecule has 0 spiro atoms. The van der Waals surface area contributed by atoms with Gasteiger partial charge in [-0.05, 0) is 19.8 Å². The molecule has 0 saturated carbocycles. The van der Waals surface area contributed by atoms with Crippen molar-refractivity contribution in [2.24, 2.45) is 5.73 Å². The molecule has 0 bridgehead atoms. The smallest absolute Gasteiger partial charge is 0.146 e. The fraction of sp³-hybridized carbons (Fsp3) is 1.00. The second kappa shape index (κ2) is 13.1. The van der Waals surface area contributed by atoms with E-state index in [0.29, 0.717) is 0 Å². The highest BCUT2D eigenvalue weighted by Gasteiger charge is 2.62. The first kappa shape index (κ1) is 23.0. The first-order chi connectivity index (χ1) is 12.1. The fourth-order valence-electron chi connectivity index (χ4n) is 4.10. The highest BCUT2D eigenvalue weighted by molar-refractivity contribution is 5.08. The van der Waals surface area contributed by atoms with Crippen LogP contribution in [0.4, 0.5) is 0 Å². The molecule has 2 heteroatoms. The Kier molecular flexibility index (Phi) is 12.1. The Balaban J connectivity index is 1.73. The van der Waals surface area contributed by atoms with Crippen LogP contribution in [0.1, 0.15) is 136 Å². The van der Waals surface area contributed by atoms with Gasteiger partial charge in [0, 0.05) is 0 Å². The number of hydrogen-bond acceptors (Lipinski definition) is 2. The maximum Gasteiger partial charge on any atom is 0.146 e. The number of hydrogen-bond donors (Lipinski definition) is 1. The lowest BCUT2D eigenvalue weighted by atomic mass is 9.94. The van der Waals surface area contributed by atoms with Crippen LogP contribution < -0.4 is 5.73 Å². The number of rotatable bonds is 18. The topological polar surface area (TPSA) is 38.5 Å². The summed E-state index contributed by atoms with van der Waals surface area (Å²) in [6.07, 6.45) is 24.8. The van der Waals surface area contributed by atoms with Gasteiger partial charge in [0.15, 0.2) is 0 Å². The van der Waals surface area contributed by atoms with E-state index < -0.39 is 0 Å². The zero-order valence-electron chi connectivity index (χ0n) is 17.7. The molecule has 0 aromatic rings. The lowest BCUT2D eigenvalue weighted by Crippen LogP contribution is -2.32. The van der Waals surface area contributed by atoms with E-state index in [0.717, 1.165) is 12.8 Å². The van der Waals surface area contributed by atoms with Crippen molar-refractivity contribution in [3.8, 4) is 0 Å². The molecule has 25 heavy (non-hydrogen) atoms. The van der Waals surface area contributed by atoms with Gasteiger partial charge in [-0.3, -0.25) is 0 Å². The van der Waals surface area contributed by atoms with Crippen LogP contribution in [0.5, 0.6) is 0 Å². The molecule has 2 atom stereocenters. The predicted octanol–water partition coefficient (Wildman–Crippen LogP) is 7.49. The van der Waals surface area contributed by atoms with Gasteiger partial charge in [0.25, 0.3) is 0 Å².